The number of aryl methyl sites for hydroxylation is 1. The summed E-state index contributed by atoms with van der Waals surface area (Å²) in [6, 6.07) is 4.06. The molecule has 29 heavy (non-hydrogen) atoms. The molecule has 6 heteroatoms. The molecule has 0 unspecified atom stereocenters. The van der Waals surface area contributed by atoms with Crippen molar-refractivity contribution in [3.05, 3.63) is 28.8 Å². The van der Waals surface area contributed by atoms with E-state index in [1.165, 1.54) is 64.6 Å². The molecule has 3 aliphatic rings. The van der Waals surface area contributed by atoms with Gasteiger partial charge in [0.2, 0.25) is 0 Å². The molecule has 2 atom stereocenters. The maximum absolute atomic E-state index is 10.6. The van der Waals surface area contributed by atoms with Gasteiger partial charge in [0.1, 0.15) is 5.75 Å². The Balaban J connectivity index is 0.00000150. The molecule has 1 saturated carbocycles. The molecule has 2 heterocycles. The quantitative estimate of drug-likeness (QED) is 0.701. The SMILES string of the molecule is Cc1ccc2c(c1O)C[C@@H](C1CCN(CC3CCCCC3)CC1)O[C@H]2CN.Cl.Cl. The number of halogens is 2. The Morgan fingerprint density at radius 3 is 2.41 bits per heavy atom. The predicted molar refractivity (Wildman–Crippen MR) is 123 cm³/mol. The van der Waals surface area contributed by atoms with Crippen molar-refractivity contribution in [1.82, 2.24) is 4.90 Å². The second kappa shape index (κ2) is 11.2. The molecule has 4 rings (SSSR count). The molecular weight excluding hydrogens is 407 g/mol. The molecule has 0 spiro atoms. The van der Waals surface area contributed by atoms with Crippen LogP contribution in [0.25, 0.3) is 0 Å². The number of piperidine rings is 1. The highest BCUT2D eigenvalue weighted by molar-refractivity contribution is 5.85. The fourth-order valence-corrected chi connectivity index (χ4v) is 5.52. The van der Waals surface area contributed by atoms with Gasteiger partial charge in [0.05, 0.1) is 12.2 Å². The third-order valence-corrected chi connectivity index (χ3v) is 7.23. The van der Waals surface area contributed by atoms with Gasteiger partial charge in [0, 0.05) is 25.1 Å². The van der Waals surface area contributed by atoms with Gasteiger partial charge in [-0.15, -0.1) is 24.8 Å². The summed E-state index contributed by atoms with van der Waals surface area (Å²) in [7, 11) is 0. The van der Waals surface area contributed by atoms with Crippen molar-refractivity contribution in [3.8, 4) is 5.75 Å². The van der Waals surface area contributed by atoms with Crippen LogP contribution >= 0.6 is 24.8 Å². The zero-order valence-electron chi connectivity index (χ0n) is 17.6. The highest BCUT2D eigenvalue weighted by atomic mass is 35.5. The Morgan fingerprint density at radius 2 is 1.76 bits per heavy atom. The first-order valence-corrected chi connectivity index (χ1v) is 11.0. The van der Waals surface area contributed by atoms with Crippen molar-refractivity contribution < 1.29 is 9.84 Å². The molecule has 3 N–H and O–H groups in total. The number of hydrogen-bond donors (Lipinski definition) is 2. The summed E-state index contributed by atoms with van der Waals surface area (Å²) in [6.45, 7) is 6.14. The Hall–Kier alpha value is -0.520. The van der Waals surface area contributed by atoms with E-state index in [0.29, 0.717) is 18.2 Å². The van der Waals surface area contributed by atoms with Gasteiger partial charge in [0.25, 0.3) is 0 Å². The van der Waals surface area contributed by atoms with Crippen LogP contribution in [0.4, 0.5) is 0 Å². The number of aromatic hydroxyl groups is 1. The largest absolute Gasteiger partial charge is 0.507 e. The standard InChI is InChI=1S/C23H36N2O2.2ClH/c1-16-7-8-19-20(23(16)26)13-21(27-22(19)14-24)18-9-11-25(12-10-18)15-17-5-3-2-4-6-17;;/h7-8,17-18,21-22,26H,2-6,9-15,24H2,1H3;2*1H/t21-,22-;;/m0../s1. The summed E-state index contributed by atoms with van der Waals surface area (Å²) >= 11 is 0. The van der Waals surface area contributed by atoms with Crippen LogP contribution in [0.2, 0.25) is 0 Å². The van der Waals surface area contributed by atoms with Crippen molar-refractivity contribution >= 4 is 24.8 Å². The van der Waals surface area contributed by atoms with Crippen LogP contribution in [-0.4, -0.2) is 42.3 Å². The molecule has 1 aliphatic carbocycles. The number of hydrogen-bond acceptors (Lipinski definition) is 4. The van der Waals surface area contributed by atoms with Gasteiger partial charge in [-0.05, 0) is 68.7 Å². The van der Waals surface area contributed by atoms with E-state index in [0.717, 1.165) is 29.0 Å². The smallest absolute Gasteiger partial charge is 0.122 e. The number of phenolic OH excluding ortho intramolecular Hbond substituents is 1. The third kappa shape index (κ3) is 5.59. The van der Waals surface area contributed by atoms with E-state index < -0.39 is 0 Å². The monoisotopic (exact) mass is 444 g/mol. The lowest BCUT2D eigenvalue weighted by molar-refractivity contribution is -0.0654. The molecule has 0 bridgehead atoms. The number of likely N-dealkylation sites (tertiary alicyclic amines) is 1. The molecule has 2 aliphatic heterocycles. The van der Waals surface area contributed by atoms with Crippen molar-refractivity contribution in [3.63, 3.8) is 0 Å². The minimum absolute atomic E-state index is 0. The van der Waals surface area contributed by atoms with Gasteiger partial charge < -0.3 is 20.5 Å². The second-order valence-electron chi connectivity index (χ2n) is 9.04. The van der Waals surface area contributed by atoms with Crippen LogP contribution in [0.3, 0.4) is 0 Å². The molecule has 0 aromatic heterocycles. The minimum Gasteiger partial charge on any atom is -0.507 e. The topological polar surface area (TPSA) is 58.7 Å². The van der Waals surface area contributed by atoms with Crippen LogP contribution in [0.5, 0.6) is 5.75 Å². The van der Waals surface area contributed by atoms with Gasteiger partial charge in [-0.1, -0.05) is 31.4 Å². The molecule has 0 amide bonds. The van der Waals surface area contributed by atoms with Crippen molar-refractivity contribution in [1.29, 1.82) is 0 Å². The third-order valence-electron chi connectivity index (χ3n) is 7.23. The highest BCUT2D eigenvalue weighted by Gasteiger charge is 2.35. The summed E-state index contributed by atoms with van der Waals surface area (Å²) in [5, 5.41) is 10.6. The first-order chi connectivity index (χ1) is 13.2. The van der Waals surface area contributed by atoms with E-state index in [1.807, 2.05) is 13.0 Å². The molecule has 166 valence electrons. The molecule has 1 saturated heterocycles. The summed E-state index contributed by atoms with van der Waals surface area (Å²) in [5.74, 6) is 1.96. The van der Waals surface area contributed by atoms with Gasteiger partial charge >= 0.3 is 0 Å². The Kier molecular flexibility index (Phi) is 9.56. The molecule has 1 aromatic rings. The highest BCUT2D eigenvalue weighted by Crippen LogP contribution is 2.40. The number of phenols is 1. The molecular formula is C23H38Cl2N2O2. The fraction of sp³-hybridized carbons (Fsp3) is 0.739. The van der Waals surface area contributed by atoms with Crippen molar-refractivity contribution in [2.24, 2.45) is 17.6 Å². The first-order valence-electron chi connectivity index (χ1n) is 11.0. The molecule has 0 radical (unpaired) electrons. The van der Waals surface area contributed by atoms with E-state index in [-0.39, 0.29) is 37.0 Å². The Bertz CT molecular complexity index is 644. The second-order valence-corrected chi connectivity index (χ2v) is 9.04. The van der Waals surface area contributed by atoms with Gasteiger partial charge in [-0.3, -0.25) is 0 Å². The van der Waals surface area contributed by atoms with Gasteiger partial charge in [0.15, 0.2) is 0 Å². The lowest BCUT2D eigenvalue weighted by atomic mass is 9.82. The van der Waals surface area contributed by atoms with Crippen LogP contribution in [0, 0.1) is 18.8 Å². The number of ether oxygens (including phenoxy) is 1. The van der Waals surface area contributed by atoms with Crippen LogP contribution < -0.4 is 5.73 Å². The van der Waals surface area contributed by atoms with E-state index in [2.05, 4.69) is 11.0 Å². The van der Waals surface area contributed by atoms with E-state index in [9.17, 15) is 5.11 Å². The van der Waals surface area contributed by atoms with Crippen LogP contribution in [0.1, 0.15) is 67.7 Å². The minimum atomic E-state index is -0.0782. The average Bonchev–Trinajstić information content (AvgIpc) is 2.71. The van der Waals surface area contributed by atoms with Crippen LogP contribution in [0.15, 0.2) is 12.1 Å². The average molecular weight is 445 g/mol. The molecule has 4 nitrogen and oxygen atoms in total. The molecule has 1 aromatic carbocycles. The van der Waals surface area contributed by atoms with Crippen LogP contribution in [-0.2, 0) is 11.2 Å². The molecule has 2 fully saturated rings. The lowest BCUT2D eigenvalue weighted by Gasteiger charge is -2.41. The maximum Gasteiger partial charge on any atom is 0.122 e. The number of nitrogens with two attached hydrogens (primary N) is 1. The number of benzene rings is 1. The number of fused-ring (bicyclic) bond motifs is 1. The van der Waals surface area contributed by atoms with E-state index in [1.54, 1.807) is 0 Å². The Labute approximate surface area is 188 Å². The van der Waals surface area contributed by atoms with E-state index >= 15 is 0 Å². The Morgan fingerprint density at radius 1 is 1.07 bits per heavy atom. The maximum atomic E-state index is 10.6. The van der Waals surface area contributed by atoms with Gasteiger partial charge in [-0.2, -0.15) is 0 Å². The van der Waals surface area contributed by atoms with Crippen molar-refractivity contribution in [2.75, 3.05) is 26.2 Å². The number of rotatable bonds is 4. The zero-order chi connectivity index (χ0) is 18.8. The number of nitrogens with zero attached hydrogens (tertiary/aromatic N) is 1. The zero-order valence-corrected chi connectivity index (χ0v) is 19.3. The summed E-state index contributed by atoms with van der Waals surface area (Å²) in [5.41, 5.74) is 9.13. The van der Waals surface area contributed by atoms with E-state index in [4.69, 9.17) is 10.5 Å². The summed E-state index contributed by atoms with van der Waals surface area (Å²) in [4.78, 5) is 2.69. The first kappa shape index (κ1) is 24.7. The summed E-state index contributed by atoms with van der Waals surface area (Å²) in [6.07, 6.45) is 10.5. The van der Waals surface area contributed by atoms with Crippen molar-refractivity contribution in [2.45, 2.75) is 70.5 Å². The lowest BCUT2D eigenvalue weighted by Crippen LogP contribution is -2.43. The van der Waals surface area contributed by atoms with Gasteiger partial charge in [-0.25, -0.2) is 0 Å². The fourth-order valence-electron chi connectivity index (χ4n) is 5.52. The predicted octanol–water partition coefficient (Wildman–Crippen LogP) is 4.78. The summed E-state index contributed by atoms with van der Waals surface area (Å²) < 4.78 is 6.43. The normalized spacial score (nSPS) is 26.3.